The van der Waals surface area contributed by atoms with Crippen LogP contribution in [0, 0.1) is 0 Å². The highest BCUT2D eigenvalue weighted by Gasteiger charge is 2.20. The first-order valence-corrected chi connectivity index (χ1v) is 8.78. The SMILES string of the molecule is COc1ccc(Cl)cc1S(=O)(=O)NCC(=O)NCc1ccccn1. The van der Waals surface area contributed by atoms with Gasteiger partial charge in [0.15, 0.2) is 0 Å². The third-order valence-corrected chi connectivity index (χ3v) is 4.69. The standard InChI is InChI=1S/C15H16ClN3O4S/c1-23-13-6-5-11(16)8-14(13)24(21,22)19-10-15(20)18-9-12-4-2-3-7-17-12/h2-8,19H,9-10H2,1H3,(H,18,20). The van der Waals surface area contributed by atoms with Crippen molar-refractivity contribution in [1.82, 2.24) is 15.0 Å². The number of aromatic nitrogens is 1. The number of benzene rings is 1. The summed E-state index contributed by atoms with van der Waals surface area (Å²) < 4.78 is 31.8. The lowest BCUT2D eigenvalue weighted by Gasteiger charge is -2.11. The van der Waals surface area contributed by atoms with Crippen LogP contribution in [0.25, 0.3) is 0 Å². The molecule has 7 nitrogen and oxygen atoms in total. The fraction of sp³-hybridized carbons (Fsp3) is 0.200. The quantitative estimate of drug-likeness (QED) is 0.767. The largest absolute Gasteiger partial charge is 0.495 e. The van der Waals surface area contributed by atoms with Gasteiger partial charge in [0.1, 0.15) is 10.6 Å². The minimum atomic E-state index is -3.94. The number of methoxy groups -OCH3 is 1. The van der Waals surface area contributed by atoms with E-state index in [1.165, 1.54) is 25.3 Å². The predicted molar refractivity (Wildman–Crippen MR) is 89.3 cm³/mol. The van der Waals surface area contributed by atoms with Gasteiger partial charge in [-0.2, -0.15) is 0 Å². The first-order chi connectivity index (χ1) is 11.4. The molecule has 1 aromatic carbocycles. The first kappa shape index (κ1) is 18.2. The van der Waals surface area contributed by atoms with Gasteiger partial charge in [0.05, 0.1) is 25.9 Å². The molecule has 2 rings (SSSR count). The Hall–Kier alpha value is -2.16. The highest BCUT2D eigenvalue weighted by atomic mass is 35.5. The molecule has 0 unspecified atom stereocenters. The molecule has 0 fully saturated rings. The number of carbonyl (C=O) groups is 1. The van der Waals surface area contributed by atoms with Gasteiger partial charge in [-0.25, -0.2) is 13.1 Å². The van der Waals surface area contributed by atoms with E-state index in [9.17, 15) is 13.2 Å². The Balaban J connectivity index is 1.97. The zero-order chi connectivity index (χ0) is 17.6. The Morgan fingerprint density at radius 3 is 2.75 bits per heavy atom. The van der Waals surface area contributed by atoms with Crippen molar-refractivity contribution in [3.05, 3.63) is 53.3 Å². The summed E-state index contributed by atoms with van der Waals surface area (Å²) in [5.74, 6) is -0.342. The van der Waals surface area contributed by atoms with Crippen LogP contribution in [0.15, 0.2) is 47.5 Å². The van der Waals surface area contributed by atoms with E-state index in [-0.39, 0.29) is 22.2 Å². The number of halogens is 1. The van der Waals surface area contributed by atoms with Crippen molar-refractivity contribution in [2.24, 2.45) is 0 Å². The summed E-state index contributed by atoms with van der Waals surface area (Å²) >= 11 is 5.83. The fourth-order valence-corrected chi connectivity index (χ4v) is 3.26. The van der Waals surface area contributed by atoms with E-state index >= 15 is 0 Å². The summed E-state index contributed by atoms with van der Waals surface area (Å²) in [6, 6.07) is 9.52. The zero-order valence-corrected chi connectivity index (χ0v) is 14.4. The lowest BCUT2D eigenvalue weighted by Crippen LogP contribution is -2.36. The molecule has 9 heteroatoms. The summed E-state index contributed by atoms with van der Waals surface area (Å²) in [6.45, 7) is -0.202. The third kappa shape index (κ3) is 4.92. The molecule has 0 aliphatic rings. The van der Waals surface area contributed by atoms with Gasteiger partial charge >= 0.3 is 0 Å². The highest BCUT2D eigenvalue weighted by molar-refractivity contribution is 7.89. The smallest absolute Gasteiger partial charge is 0.244 e. The molecule has 1 heterocycles. The number of rotatable bonds is 7. The van der Waals surface area contributed by atoms with E-state index in [4.69, 9.17) is 16.3 Å². The average Bonchev–Trinajstić information content (AvgIpc) is 2.59. The molecule has 2 aromatic rings. The molecule has 0 aliphatic carbocycles. The monoisotopic (exact) mass is 369 g/mol. The number of amides is 1. The number of hydrogen-bond donors (Lipinski definition) is 2. The number of hydrogen-bond acceptors (Lipinski definition) is 5. The van der Waals surface area contributed by atoms with Crippen LogP contribution < -0.4 is 14.8 Å². The lowest BCUT2D eigenvalue weighted by atomic mass is 10.3. The molecule has 2 N–H and O–H groups in total. The number of pyridine rings is 1. The third-order valence-electron chi connectivity index (χ3n) is 3.03. The summed E-state index contributed by atoms with van der Waals surface area (Å²) in [7, 11) is -2.59. The van der Waals surface area contributed by atoms with E-state index in [2.05, 4.69) is 15.0 Å². The summed E-state index contributed by atoms with van der Waals surface area (Å²) in [5, 5.41) is 2.82. The molecule has 0 radical (unpaired) electrons. The van der Waals surface area contributed by atoms with Crippen LogP contribution in [0.5, 0.6) is 5.75 Å². The second-order valence-corrected chi connectivity index (χ2v) is 6.89. The van der Waals surface area contributed by atoms with E-state index in [0.29, 0.717) is 5.69 Å². The normalized spacial score (nSPS) is 11.1. The number of ether oxygens (including phenoxy) is 1. The van der Waals surface area contributed by atoms with Gasteiger partial charge < -0.3 is 10.1 Å². The van der Waals surface area contributed by atoms with Gasteiger partial charge in [-0.3, -0.25) is 9.78 Å². The van der Waals surface area contributed by atoms with Gasteiger partial charge in [0, 0.05) is 11.2 Å². The van der Waals surface area contributed by atoms with Crippen LogP contribution in [-0.4, -0.2) is 33.0 Å². The van der Waals surface area contributed by atoms with E-state index in [1.807, 2.05) is 0 Å². The Kier molecular flexibility index (Phi) is 6.13. The van der Waals surface area contributed by atoms with Crippen molar-refractivity contribution in [3.63, 3.8) is 0 Å². The van der Waals surface area contributed by atoms with Gasteiger partial charge in [0.25, 0.3) is 0 Å². The molecule has 24 heavy (non-hydrogen) atoms. The molecular weight excluding hydrogens is 354 g/mol. The lowest BCUT2D eigenvalue weighted by molar-refractivity contribution is -0.120. The van der Waals surface area contributed by atoms with Crippen LogP contribution in [0.4, 0.5) is 0 Å². The average molecular weight is 370 g/mol. The first-order valence-electron chi connectivity index (χ1n) is 6.92. The second kappa shape index (κ2) is 8.09. The van der Waals surface area contributed by atoms with Gasteiger partial charge in [-0.15, -0.1) is 0 Å². The van der Waals surface area contributed by atoms with Crippen molar-refractivity contribution < 1.29 is 17.9 Å². The van der Waals surface area contributed by atoms with Crippen molar-refractivity contribution in [1.29, 1.82) is 0 Å². The Bertz CT molecular complexity index is 813. The number of carbonyl (C=O) groups excluding carboxylic acids is 1. The Morgan fingerprint density at radius 1 is 1.29 bits per heavy atom. The highest BCUT2D eigenvalue weighted by Crippen LogP contribution is 2.26. The van der Waals surface area contributed by atoms with Crippen molar-refractivity contribution in [2.75, 3.05) is 13.7 Å². The minimum Gasteiger partial charge on any atom is -0.495 e. The van der Waals surface area contributed by atoms with Crippen LogP contribution in [0.3, 0.4) is 0 Å². The second-order valence-electron chi connectivity index (χ2n) is 4.72. The van der Waals surface area contributed by atoms with Crippen LogP contribution in [0.2, 0.25) is 5.02 Å². The van der Waals surface area contributed by atoms with E-state index < -0.39 is 22.5 Å². The number of nitrogens with one attached hydrogen (secondary N) is 2. The zero-order valence-electron chi connectivity index (χ0n) is 12.8. The summed E-state index contributed by atoms with van der Waals surface area (Å²) in [5.41, 5.74) is 0.671. The molecule has 1 aromatic heterocycles. The predicted octanol–water partition coefficient (Wildman–Crippen LogP) is 1.34. The molecule has 128 valence electrons. The fourth-order valence-electron chi connectivity index (χ4n) is 1.85. The van der Waals surface area contributed by atoms with Crippen molar-refractivity contribution in [2.45, 2.75) is 11.4 Å². The molecule has 0 bridgehead atoms. The molecule has 1 amide bonds. The summed E-state index contributed by atoms with van der Waals surface area (Å²) in [4.78, 5) is 15.7. The van der Waals surface area contributed by atoms with E-state index in [0.717, 1.165) is 0 Å². The number of sulfonamides is 1. The molecule has 0 aliphatic heterocycles. The van der Waals surface area contributed by atoms with Gasteiger partial charge in [-0.05, 0) is 30.3 Å². The van der Waals surface area contributed by atoms with Crippen LogP contribution >= 0.6 is 11.6 Å². The van der Waals surface area contributed by atoms with Gasteiger partial charge in [-0.1, -0.05) is 17.7 Å². The maximum absolute atomic E-state index is 12.3. The van der Waals surface area contributed by atoms with Gasteiger partial charge in [0.2, 0.25) is 15.9 Å². The molecule has 0 saturated carbocycles. The molecule has 0 spiro atoms. The molecule has 0 saturated heterocycles. The van der Waals surface area contributed by atoms with Crippen LogP contribution in [0.1, 0.15) is 5.69 Å². The minimum absolute atomic E-state index is 0.130. The number of nitrogens with zero attached hydrogens (tertiary/aromatic N) is 1. The van der Waals surface area contributed by atoms with Crippen molar-refractivity contribution in [3.8, 4) is 5.75 Å². The van der Waals surface area contributed by atoms with E-state index in [1.54, 1.807) is 24.4 Å². The molecule has 0 atom stereocenters. The molecular formula is C15H16ClN3O4S. The van der Waals surface area contributed by atoms with Crippen molar-refractivity contribution >= 4 is 27.5 Å². The topological polar surface area (TPSA) is 97.4 Å². The van der Waals surface area contributed by atoms with Crippen LogP contribution in [-0.2, 0) is 21.4 Å². The Morgan fingerprint density at radius 2 is 2.08 bits per heavy atom. The summed E-state index contributed by atoms with van der Waals surface area (Å²) in [6.07, 6.45) is 1.61. The maximum atomic E-state index is 12.3. The maximum Gasteiger partial charge on any atom is 0.244 e. The Labute approximate surface area is 145 Å².